The molecule has 0 radical (unpaired) electrons. The normalized spacial score (nSPS) is 12.7. The number of ether oxygens (including phenoxy) is 1. The highest BCUT2D eigenvalue weighted by Gasteiger charge is 2.34. The molecule has 0 saturated carbocycles. The average Bonchev–Trinajstić information content (AvgIpc) is 2.85. The Hall–Kier alpha value is -3.90. The van der Waals surface area contributed by atoms with Gasteiger partial charge in [-0.05, 0) is 51.6 Å². The van der Waals surface area contributed by atoms with E-state index >= 15 is 0 Å². The SMILES string of the molecule is [C-]#[N+]C(C)(C)Cc1cccc2cc3c4c([n+](C)ccc4c12)-c1c(c(C(C)C)c2ccccc2c1C)O3. The quantitative estimate of drug-likeness (QED) is 0.144. The first-order valence-electron chi connectivity index (χ1n) is 12.7. The molecule has 0 fully saturated rings. The van der Waals surface area contributed by atoms with Crippen molar-refractivity contribution in [3.05, 3.63) is 88.9 Å². The Kier molecular flexibility index (Phi) is 4.89. The summed E-state index contributed by atoms with van der Waals surface area (Å²) < 4.78 is 9.14. The van der Waals surface area contributed by atoms with Crippen LogP contribution in [0.2, 0.25) is 0 Å². The first-order chi connectivity index (χ1) is 17.2. The van der Waals surface area contributed by atoms with E-state index in [-0.39, 0.29) is 0 Å². The lowest BCUT2D eigenvalue weighted by atomic mass is 9.84. The number of nitrogens with zero attached hydrogens (tertiary/aromatic N) is 2. The van der Waals surface area contributed by atoms with E-state index in [1.165, 1.54) is 49.5 Å². The summed E-state index contributed by atoms with van der Waals surface area (Å²) in [6.07, 6.45) is 2.88. The molecule has 0 atom stereocenters. The van der Waals surface area contributed by atoms with E-state index < -0.39 is 5.54 Å². The van der Waals surface area contributed by atoms with Crippen LogP contribution in [-0.4, -0.2) is 5.54 Å². The molecule has 3 nitrogen and oxygen atoms in total. The van der Waals surface area contributed by atoms with Gasteiger partial charge in [-0.2, -0.15) is 0 Å². The minimum atomic E-state index is -0.455. The van der Waals surface area contributed by atoms with Gasteiger partial charge < -0.3 is 9.58 Å². The molecule has 2 heterocycles. The van der Waals surface area contributed by atoms with Crippen molar-refractivity contribution in [3.8, 4) is 22.8 Å². The van der Waals surface area contributed by atoms with Gasteiger partial charge in [0.25, 0.3) is 0 Å². The molecule has 5 aromatic rings. The summed E-state index contributed by atoms with van der Waals surface area (Å²) in [5.41, 5.74) is 5.67. The van der Waals surface area contributed by atoms with Crippen molar-refractivity contribution in [2.45, 2.75) is 52.5 Å². The fourth-order valence-electron chi connectivity index (χ4n) is 6.10. The lowest BCUT2D eigenvalue weighted by molar-refractivity contribution is -0.659. The van der Waals surface area contributed by atoms with Crippen LogP contribution in [0.5, 0.6) is 11.5 Å². The van der Waals surface area contributed by atoms with Crippen molar-refractivity contribution in [1.82, 2.24) is 0 Å². The third-order valence-electron chi connectivity index (χ3n) is 7.73. The maximum atomic E-state index is 7.69. The predicted molar refractivity (Wildman–Crippen MR) is 149 cm³/mol. The molecule has 178 valence electrons. The Labute approximate surface area is 212 Å². The van der Waals surface area contributed by atoms with Crippen LogP contribution < -0.4 is 9.30 Å². The van der Waals surface area contributed by atoms with Crippen LogP contribution in [-0.2, 0) is 13.5 Å². The van der Waals surface area contributed by atoms with Crippen LogP contribution >= 0.6 is 0 Å². The molecule has 1 aromatic heterocycles. The number of pyridine rings is 1. The van der Waals surface area contributed by atoms with Gasteiger partial charge in [-0.3, -0.25) is 0 Å². The molecule has 36 heavy (non-hydrogen) atoms. The third-order valence-corrected chi connectivity index (χ3v) is 7.73. The molecular formula is C33H31N2O+. The predicted octanol–water partition coefficient (Wildman–Crippen LogP) is 8.42. The summed E-state index contributed by atoms with van der Waals surface area (Å²) in [7, 11) is 2.13. The van der Waals surface area contributed by atoms with Crippen molar-refractivity contribution in [2.75, 3.05) is 0 Å². The van der Waals surface area contributed by atoms with Crippen LogP contribution in [0, 0.1) is 13.5 Å². The fourth-order valence-corrected chi connectivity index (χ4v) is 6.10. The topological polar surface area (TPSA) is 17.5 Å². The van der Waals surface area contributed by atoms with Crippen molar-refractivity contribution in [1.29, 1.82) is 0 Å². The Morgan fingerprint density at radius 1 is 0.972 bits per heavy atom. The number of benzene rings is 4. The Morgan fingerprint density at radius 3 is 2.44 bits per heavy atom. The van der Waals surface area contributed by atoms with Gasteiger partial charge in [-0.15, -0.1) is 0 Å². The maximum Gasteiger partial charge on any atom is 0.231 e. The Bertz CT molecular complexity index is 1770. The minimum Gasteiger partial charge on any atom is -0.455 e. The van der Waals surface area contributed by atoms with Gasteiger partial charge in [0.2, 0.25) is 11.2 Å². The molecular weight excluding hydrogens is 440 g/mol. The number of aromatic nitrogens is 1. The average molecular weight is 472 g/mol. The first kappa shape index (κ1) is 22.6. The maximum absolute atomic E-state index is 7.69. The van der Waals surface area contributed by atoms with Crippen molar-refractivity contribution in [3.63, 3.8) is 0 Å². The van der Waals surface area contributed by atoms with Crippen molar-refractivity contribution >= 4 is 32.3 Å². The van der Waals surface area contributed by atoms with Crippen molar-refractivity contribution in [2.24, 2.45) is 7.05 Å². The number of hydrogen-bond acceptors (Lipinski definition) is 1. The van der Waals surface area contributed by atoms with E-state index in [9.17, 15) is 0 Å². The van der Waals surface area contributed by atoms with Gasteiger partial charge in [0.05, 0.1) is 17.4 Å². The van der Waals surface area contributed by atoms with Gasteiger partial charge in [0.1, 0.15) is 18.5 Å². The highest BCUT2D eigenvalue weighted by Crippen LogP contribution is 2.53. The summed E-state index contributed by atoms with van der Waals surface area (Å²) in [6, 6.07) is 19.6. The second-order valence-corrected chi connectivity index (χ2v) is 11.1. The van der Waals surface area contributed by atoms with Gasteiger partial charge >= 0.3 is 0 Å². The van der Waals surface area contributed by atoms with Gasteiger partial charge in [-0.1, -0.05) is 56.3 Å². The molecule has 0 bridgehead atoms. The highest BCUT2D eigenvalue weighted by molar-refractivity contribution is 6.17. The lowest BCUT2D eigenvalue weighted by Crippen LogP contribution is -2.32. The van der Waals surface area contributed by atoms with E-state index in [1.807, 2.05) is 13.8 Å². The summed E-state index contributed by atoms with van der Waals surface area (Å²) in [5, 5.41) is 7.28. The van der Waals surface area contributed by atoms with E-state index in [0.29, 0.717) is 12.3 Å². The zero-order valence-electron chi connectivity index (χ0n) is 21.9. The molecule has 0 spiro atoms. The zero-order chi connectivity index (χ0) is 25.4. The third kappa shape index (κ3) is 3.14. The molecule has 0 unspecified atom stereocenters. The Morgan fingerprint density at radius 2 is 1.72 bits per heavy atom. The summed E-state index contributed by atoms with van der Waals surface area (Å²) in [6.45, 7) is 18.5. The standard InChI is InChI=1S/C33H31N2O/c1-19(2)27-24-14-9-8-13-23(24)20(3)28-31-30-25(15-16-35(31)7)29-21(17-26(30)36-32(27)28)11-10-12-22(29)18-33(4,5)34-6/h8-17,19H,18H2,1-5,7H3/q+1. The molecule has 0 saturated heterocycles. The van der Waals surface area contributed by atoms with E-state index in [1.54, 1.807) is 0 Å². The van der Waals surface area contributed by atoms with Gasteiger partial charge in [0.15, 0.2) is 6.20 Å². The second kappa shape index (κ2) is 7.80. The summed E-state index contributed by atoms with van der Waals surface area (Å²) in [4.78, 5) is 3.90. The number of fused-ring (bicyclic) bond motifs is 5. The van der Waals surface area contributed by atoms with Crippen LogP contribution in [0.15, 0.2) is 60.8 Å². The van der Waals surface area contributed by atoms with E-state index in [4.69, 9.17) is 11.3 Å². The summed E-state index contributed by atoms with van der Waals surface area (Å²) in [5.74, 6) is 2.22. The second-order valence-electron chi connectivity index (χ2n) is 11.1. The Balaban J connectivity index is 1.78. The highest BCUT2D eigenvalue weighted by atomic mass is 16.5. The molecule has 0 N–H and O–H groups in total. The fraction of sp³-hybridized carbons (Fsp3) is 0.273. The smallest absolute Gasteiger partial charge is 0.231 e. The molecule has 1 aliphatic heterocycles. The minimum absolute atomic E-state index is 0.318. The number of aryl methyl sites for hydroxylation is 2. The molecule has 0 aliphatic carbocycles. The molecule has 4 aromatic carbocycles. The van der Waals surface area contributed by atoms with Crippen LogP contribution in [0.25, 0.3) is 48.4 Å². The monoisotopic (exact) mass is 471 g/mol. The van der Waals surface area contributed by atoms with E-state index in [2.05, 4.69) is 98.0 Å². The molecule has 6 rings (SSSR count). The first-order valence-corrected chi connectivity index (χ1v) is 12.7. The van der Waals surface area contributed by atoms with Crippen molar-refractivity contribution < 1.29 is 9.30 Å². The lowest BCUT2D eigenvalue weighted by Gasteiger charge is -2.27. The van der Waals surface area contributed by atoms with Gasteiger partial charge in [-0.25, -0.2) is 11.1 Å². The molecule has 3 heteroatoms. The van der Waals surface area contributed by atoms with Crippen LogP contribution in [0.4, 0.5) is 0 Å². The van der Waals surface area contributed by atoms with E-state index in [0.717, 1.165) is 22.3 Å². The number of hydrogen-bond donors (Lipinski definition) is 0. The molecule has 0 amide bonds. The largest absolute Gasteiger partial charge is 0.455 e. The van der Waals surface area contributed by atoms with Crippen LogP contribution in [0.3, 0.4) is 0 Å². The number of rotatable bonds is 3. The van der Waals surface area contributed by atoms with Gasteiger partial charge in [0, 0.05) is 30.9 Å². The zero-order valence-corrected chi connectivity index (χ0v) is 21.9. The van der Waals surface area contributed by atoms with Crippen LogP contribution in [0.1, 0.15) is 50.3 Å². The summed E-state index contributed by atoms with van der Waals surface area (Å²) >= 11 is 0. The molecule has 1 aliphatic rings.